The van der Waals surface area contributed by atoms with Crippen LogP contribution in [0.3, 0.4) is 0 Å². The topological polar surface area (TPSA) is 45.2 Å². The number of rotatable bonds is 4. The number of nitrogens with zero attached hydrogens (tertiary/aromatic N) is 2. The van der Waals surface area contributed by atoms with E-state index in [-0.39, 0.29) is 11.2 Å². The van der Waals surface area contributed by atoms with Crippen molar-refractivity contribution in [2.75, 3.05) is 18.4 Å². The molecule has 1 amide bonds. The van der Waals surface area contributed by atoms with Crippen LogP contribution in [0.25, 0.3) is 11.3 Å². The Morgan fingerprint density at radius 3 is 2.75 bits per heavy atom. The fourth-order valence-electron chi connectivity index (χ4n) is 2.46. The lowest BCUT2D eigenvalue weighted by atomic mass is 10.2. The largest absolute Gasteiger partial charge is 0.358 e. The third kappa shape index (κ3) is 4.34. The average molecular weight is 378 g/mol. The van der Waals surface area contributed by atoms with Crippen LogP contribution in [-0.4, -0.2) is 38.5 Å². The Morgan fingerprint density at radius 1 is 1.33 bits per heavy atom. The van der Waals surface area contributed by atoms with E-state index in [0.717, 1.165) is 28.7 Å². The smallest absolute Gasteiger partial charge is 0.239 e. The summed E-state index contributed by atoms with van der Waals surface area (Å²) in [5.74, 6) is -0.0597. The molecular weight excluding hydrogens is 358 g/mol. The van der Waals surface area contributed by atoms with Gasteiger partial charge >= 0.3 is 0 Å². The molecule has 0 saturated carbocycles. The monoisotopic (exact) mass is 377 g/mol. The van der Waals surface area contributed by atoms with Crippen molar-refractivity contribution in [3.05, 3.63) is 35.7 Å². The molecule has 0 aliphatic carbocycles. The lowest BCUT2D eigenvalue weighted by Crippen LogP contribution is -2.29. The third-order valence-electron chi connectivity index (χ3n) is 3.81. The molecule has 0 unspecified atom stereocenters. The summed E-state index contributed by atoms with van der Waals surface area (Å²) in [6.45, 7) is 3.90. The minimum absolute atomic E-state index is 0.0597. The van der Waals surface area contributed by atoms with Crippen molar-refractivity contribution in [1.82, 2.24) is 9.88 Å². The van der Waals surface area contributed by atoms with Gasteiger partial charge in [0.15, 0.2) is 5.13 Å². The highest BCUT2D eigenvalue weighted by Crippen LogP contribution is 2.26. The minimum Gasteiger partial charge on any atom is -0.358 e. The number of carbonyl (C=O) groups excluding carboxylic acids is 1. The molecule has 0 bridgehead atoms. The number of benzene rings is 1. The summed E-state index contributed by atoms with van der Waals surface area (Å²) >= 11 is 8.33. The number of amides is 1. The Hall–Kier alpha value is -1.44. The maximum Gasteiger partial charge on any atom is 0.239 e. The van der Waals surface area contributed by atoms with Gasteiger partial charge in [0, 0.05) is 24.0 Å². The number of thioether (sulfide) groups is 1. The van der Waals surface area contributed by atoms with E-state index >= 15 is 0 Å². The Labute approximate surface area is 155 Å². The van der Waals surface area contributed by atoms with Gasteiger partial charge < -0.3 is 10.2 Å². The van der Waals surface area contributed by atoms with Crippen LogP contribution in [0, 0.1) is 0 Å². The number of aromatic nitrogens is 1. The molecule has 1 N–H and O–H groups in total. The molecule has 1 aromatic heterocycles. The van der Waals surface area contributed by atoms with Crippen molar-refractivity contribution in [3.63, 3.8) is 0 Å². The van der Waals surface area contributed by atoms with Crippen molar-refractivity contribution in [1.29, 1.82) is 0 Å². The van der Waals surface area contributed by atoms with Gasteiger partial charge in [-0.2, -0.15) is 0 Å². The molecule has 7 heteroatoms. The van der Waals surface area contributed by atoms with E-state index in [2.05, 4.69) is 15.2 Å². The standard InChI is InChI=1S/C17H19N3OS3/c1-12(24-17(22)20-9-5-6-10-20)15(21)19-16-18-14(11-23-16)13-7-3-2-4-8-13/h2-4,7-8,11-12H,5-6,9-10H2,1H3,(H,18,19,21)/t12-/m0/s1. The minimum atomic E-state index is -0.234. The molecule has 1 atom stereocenters. The summed E-state index contributed by atoms with van der Waals surface area (Å²) in [4.78, 5) is 19.0. The first-order valence-electron chi connectivity index (χ1n) is 7.91. The molecule has 1 fully saturated rings. The van der Waals surface area contributed by atoms with Gasteiger partial charge in [0.1, 0.15) is 4.32 Å². The van der Waals surface area contributed by atoms with Crippen LogP contribution in [0.1, 0.15) is 19.8 Å². The molecule has 126 valence electrons. The number of anilines is 1. The second-order valence-electron chi connectivity index (χ2n) is 5.61. The first-order valence-corrected chi connectivity index (χ1v) is 10.1. The van der Waals surface area contributed by atoms with E-state index in [9.17, 15) is 4.79 Å². The van der Waals surface area contributed by atoms with Crippen LogP contribution >= 0.6 is 35.3 Å². The molecule has 1 aliphatic rings. The van der Waals surface area contributed by atoms with E-state index in [4.69, 9.17) is 12.2 Å². The third-order valence-corrected chi connectivity index (χ3v) is 6.15. The van der Waals surface area contributed by atoms with E-state index in [1.807, 2.05) is 42.6 Å². The number of likely N-dealkylation sites (tertiary alicyclic amines) is 1. The van der Waals surface area contributed by atoms with Crippen LogP contribution in [-0.2, 0) is 4.79 Å². The maximum absolute atomic E-state index is 12.4. The quantitative estimate of drug-likeness (QED) is 0.807. The van der Waals surface area contributed by atoms with Crippen molar-refractivity contribution < 1.29 is 4.79 Å². The van der Waals surface area contributed by atoms with Crippen LogP contribution in [0.15, 0.2) is 35.7 Å². The number of hydrogen-bond acceptors (Lipinski definition) is 5. The van der Waals surface area contributed by atoms with Gasteiger partial charge in [-0.05, 0) is 19.8 Å². The molecule has 0 radical (unpaired) electrons. The van der Waals surface area contributed by atoms with Crippen molar-refractivity contribution in [2.24, 2.45) is 0 Å². The number of thiocarbonyl (C=S) groups is 1. The zero-order valence-electron chi connectivity index (χ0n) is 13.4. The Morgan fingerprint density at radius 2 is 2.04 bits per heavy atom. The van der Waals surface area contributed by atoms with Gasteiger partial charge in [0.05, 0.1) is 10.9 Å². The summed E-state index contributed by atoms with van der Waals surface area (Å²) in [7, 11) is 0. The predicted molar refractivity (Wildman–Crippen MR) is 107 cm³/mol. The first-order chi connectivity index (χ1) is 11.6. The summed E-state index contributed by atoms with van der Waals surface area (Å²) in [6, 6.07) is 9.94. The second kappa shape index (κ2) is 8.09. The van der Waals surface area contributed by atoms with E-state index in [1.165, 1.54) is 35.9 Å². The molecule has 4 nitrogen and oxygen atoms in total. The van der Waals surface area contributed by atoms with E-state index in [1.54, 1.807) is 0 Å². The highest BCUT2D eigenvalue weighted by Gasteiger charge is 2.22. The van der Waals surface area contributed by atoms with Crippen LogP contribution < -0.4 is 5.32 Å². The molecule has 3 rings (SSSR count). The normalized spacial score (nSPS) is 15.3. The molecule has 1 aliphatic heterocycles. The van der Waals surface area contributed by atoms with Gasteiger partial charge in [0.2, 0.25) is 5.91 Å². The van der Waals surface area contributed by atoms with Gasteiger partial charge in [-0.1, -0.05) is 54.3 Å². The zero-order valence-corrected chi connectivity index (χ0v) is 15.8. The van der Waals surface area contributed by atoms with Crippen LogP contribution in [0.5, 0.6) is 0 Å². The van der Waals surface area contributed by atoms with E-state index in [0.29, 0.717) is 5.13 Å². The lowest BCUT2D eigenvalue weighted by Gasteiger charge is -2.20. The number of nitrogens with one attached hydrogen (secondary N) is 1. The second-order valence-corrected chi connectivity index (χ2v) is 8.45. The van der Waals surface area contributed by atoms with Crippen molar-refractivity contribution in [3.8, 4) is 11.3 Å². The van der Waals surface area contributed by atoms with Crippen molar-refractivity contribution >= 4 is 50.7 Å². The Bertz CT molecular complexity index is 711. The molecular formula is C17H19N3OS3. The Kier molecular flexibility index (Phi) is 5.86. The Balaban J connectivity index is 1.56. The summed E-state index contributed by atoms with van der Waals surface area (Å²) in [5, 5.41) is 5.24. The molecule has 24 heavy (non-hydrogen) atoms. The van der Waals surface area contributed by atoms with Gasteiger partial charge in [-0.25, -0.2) is 4.98 Å². The summed E-state index contributed by atoms with van der Waals surface area (Å²) < 4.78 is 0.819. The van der Waals surface area contributed by atoms with Crippen LogP contribution in [0.2, 0.25) is 0 Å². The molecule has 1 aromatic carbocycles. The fourth-order valence-corrected chi connectivity index (χ4v) is 4.60. The van der Waals surface area contributed by atoms with Crippen molar-refractivity contribution in [2.45, 2.75) is 25.0 Å². The van der Waals surface area contributed by atoms with Crippen LogP contribution in [0.4, 0.5) is 5.13 Å². The van der Waals surface area contributed by atoms with Gasteiger partial charge in [0.25, 0.3) is 0 Å². The molecule has 2 heterocycles. The molecule has 1 saturated heterocycles. The predicted octanol–water partition coefficient (Wildman–Crippen LogP) is 4.25. The number of hydrogen-bond donors (Lipinski definition) is 1. The molecule has 0 spiro atoms. The highest BCUT2D eigenvalue weighted by molar-refractivity contribution is 8.23. The van der Waals surface area contributed by atoms with Gasteiger partial charge in [-0.15, -0.1) is 11.3 Å². The number of carbonyl (C=O) groups is 1. The SMILES string of the molecule is C[C@H](SC(=S)N1CCCC1)C(=O)Nc1nc(-c2ccccc2)cs1. The fraction of sp³-hybridized carbons (Fsp3) is 0.353. The lowest BCUT2D eigenvalue weighted by molar-refractivity contribution is -0.115. The zero-order chi connectivity index (χ0) is 16.9. The molecule has 2 aromatic rings. The van der Waals surface area contributed by atoms with E-state index < -0.39 is 0 Å². The maximum atomic E-state index is 12.4. The summed E-state index contributed by atoms with van der Waals surface area (Å²) in [6.07, 6.45) is 2.37. The number of thiazole rings is 1. The summed E-state index contributed by atoms with van der Waals surface area (Å²) in [5.41, 5.74) is 1.93. The first kappa shape index (κ1) is 17.4. The average Bonchev–Trinajstić information content (AvgIpc) is 3.27. The highest BCUT2D eigenvalue weighted by atomic mass is 32.2. The van der Waals surface area contributed by atoms with Gasteiger partial charge in [-0.3, -0.25) is 4.79 Å².